The van der Waals surface area contributed by atoms with Gasteiger partial charge in [0, 0.05) is 11.1 Å². The third kappa shape index (κ3) is 3.33. The summed E-state index contributed by atoms with van der Waals surface area (Å²) >= 11 is 3.39. The van der Waals surface area contributed by atoms with Crippen LogP contribution in [0.3, 0.4) is 0 Å². The smallest absolute Gasteiger partial charge is 0.0471 e. The first-order chi connectivity index (χ1) is 4.84. The van der Waals surface area contributed by atoms with Crippen LogP contribution in [-0.2, 0) is 6.42 Å². The quantitative estimate of drug-likeness (QED) is 0.777. The number of aliphatic hydroxyl groups excluding tert-OH is 1. The Hall–Kier alpha value is 0.0900. The van der Waals surface area contributed by atoms with Crippen molar-refractivity contribution in [3.8, 4) is 0 Å². The van der Waals surface area contributed by atoms with Crippen LogP contribution in [0, 0.1) is 0 Å². The van der Waals surface area contributed by atoms with Crippen molar-refractivity contribution in [2.24, 2.45) is 0 Å². The van der Waals surface area contributed by atoms with Crippen LogP contribution in [0.5, 0.6) is 0 Å². The van der Waals surface area contributed by atoms with Crippen LogP contribution in [0.25, 0.3) is 0 Å². The second-order valence-electron chi connectivity index (χ2n) is 2.07. The molecule has 0 saturated carbocycles. The minimum atomic E-state index is 0. The van der Waals surface area contributed by atoms with Crippen molar-refractivity contribution < 1.29 is 5.11 Å². The highest BCUT2D eigenvalue weighted by Gasteiger charge is 1.94. The lowest BCUT2D eigenvalue weighted by Gasteiger charge is -1.99. The fourth-order valence-electron chi connectivity index (χ4n) is 0.822. The van der Waals surface area contributed by atoms with Gasteiger partial charge in [0.1, 0.15) is 0 Å². The van der Waals surface area contributed by atoms with Crippen molar-refractivity contribution >= 4 is 25.8 Å². The Morgan fingerprint density at radius 3 is 2.45 bits per heavy atom. The number of hydrogen-bond donors (Lipinski definition) is 1. The first-order valence-corrected chi connectivity index (χ1v) is 3.98. The molecule has 0 amide bonds. The maximum absolute atomic E-state index is 8.62. The number of benzene rings is 1. The Labute approximate surface area is 78.6 Å². The molecule has 1 rings (SSSR count). The highest BCUT2D eigenvalue weighted by atomic mass is 79.9. The Bertz CT molecular complexity index is 215. The summed E-state index contributed by atoms with van der Waals surface area (Å²) in [7, 11) is 0. The Kier molecular flexibility index (Phi) is 5.75. The Balaban J connectivity index is 0.000001000. The third-order valence-electron chi connectivity index (χ3n) is 1.34. The molecule has 11 heavy (non-hydrogen) atoms. The first-order valence-electron chi connectivity index (χ1n) is 3.19. The van der Waals surface area contributed by atoms with E-state index < -0.39 is 0 Å². The number of aliphatic hydroxyl groups is 1. The lowest BCUT2D eigenvalue weighted by atomic mass is 10.2. The second kappa shape index (κ2) is 5.70. The van der Waals surface area contributed by atoms with E-state index in [-0.39, 0.29) is 16.5 Å². The highest BCUT2D eigenvalue weighted by molar-refractivity contribution is 9.10. The van der Waals surface area contributed by atoms with Crippen LogP contribution in [-0.4, -0.2) is 11.7 Å². The summed E-state index contributed by atoms with van der Waals surface area (Å²) in [5.41, 5.74) is 1.16. The molecule has 1 nitrogen and oxygen atoms in total. The van der Waals surface area contributed by atoms with Gasteiger partial charge in [0.05, 0.1) is 0 Å². The van der Waals surface area contributed by atoms with Crippen molar-refractivity contribution in [2.45, 2.75) is 6.42 Å². The summed E-state index contributed by atoms with van der Waals surface area (Å²) < 4.78 is 1.07. The topological polar surface area (TPSA) is 20.2 Å². The zero-order valence-corrected chi connectivity index (χ0v) is 9.26. The zero-order chi connectivity index (χ0) is 7.40. The second-order valence-corrected chi connectivity index (χ2v) is 2.92. The average molecular weight is 235 g/mol. The molecule has 0 aliphatic heterocycles. The van der Waals surface area contributed by atoms with Gasteiger partial charge in [-0.25, -0.2) is 0 Å². The van der Waals surface area contributed by atoms with Crippen molar-refractivity contribution in [1.29, 1.82) is 0 Å². The number of hydrogen-bond acceptors (Lipinski definition) is 1. The van der Waals surface area contributed by atoms with E-state index in [1.54, 1.807) is 0 Å². The van der Waals surface area contributed by atoms with Gasteiger partial charge in [-0.05, 0) is 18.1 Å². The van der Waals surface area contributed by atoms with E-state index in [1.807, 2.05) is 24.3 Å². The number of halogens is 1. The molecule has 0 saturated heterocycles. The molecule has 1 atom stereocenters. The zero-order valence-electron chi connectivity index (χ0n) is 6.26. The van der Waals surface area contributed by atoms with Gasteiger partial charge < -0.3 is 5.11 Å². The normalized spacial score (nSPS) is 8.91. The third-order valence-corrected chi connectivity index (χ3v) is 2.11. The van der Waals surface area contributed by atoms with Crippen LogP contribution in [0.4, 0.5) is 0 Å². The van der Waals surface area contributed by atoms with Gasteiger partial charge in [0.2, 0.25) is 0 Å². The molecule has 62 valence electrons. The monoisotopic (exact) mass is 234 g/mol. The van der Waals surface area contributed by atoms with Gasteiger partial charge in [-0.15, -0.1) is 0 Å². The van der Waals surface area contributed by atoms with Crippen LogP contribution < -0.4 is 0 Å². The van der Waals surface area contributed by atoms with Gasteiger partial charge >= 0.3 is 0 Å². The predicted molar refractivity (Wildman–Crippen MR) is 56.0 cm³/mol. The summed E-state index contributed by atoms with van der Waals surface area (Å²) in [6, 6.07) is 7.91. The molecular formula is C8H12BrOP. The maximum Gasteiger partial charge on any atom is 0.0471 e. The SMILES string of the molecule is OCCc1ccccc1Br.P. The largest absolute Gasteiger partial charge is 0.396 e. The van der Waals surface area contributed by atoms with Crippen LogP contribution in [0.15, 0.2) is 28.7 Å². The fourth-order valence-corrected chi connectivity index (χ4v) is 1.30. The van der Waals surface area contributed by atoms with Crippen LogP contribution in [0.2, 0.25) is 0 Å². The van der Waals surface area contributed by atoms with Gasteiger partial charge in [0.25, 0.3) is 0 Å². The van der Waals surface area contributed by atoms with Crippen molar-refractivity contribution in [3.63, 3.8) is 0 Å². The van der Waals surface area contributed by atoms with E-state index in [4.69, 9.17) is 5.11 Å². The summed E-state index contributed by atoms with van der Waals surface area (Å²) in [5.74, 6) is 0. The van der Waals surface area contributed by atoms with E-state index in [0.717, 1.165) is 16.5 Å². The molecule has 0 bridgehead atoms. The molecule has 1 aromatic rings. The minimum absolute atomic E-state index is 0. The van der Waals surface area contributed by atoms with Crippen LogP contribution >= 0.6 is 25.8 Å². The molecule has 0 radical (unpaired) electrons. The standard InChI is InChI=1S/C8H9BrO.H3P/c9-8-4-2-1-3-7(8)5-6-10;/h1-4,10H,5-6H2;1H3. The molecule has 1 unspecified atom stereocenters. The molecule has 3 heteroatoms. The van der Waals surface area contributed by atoms with Gasteiger partial charge in [-0.2, -0.15) is 9.90 Å². The minimum Gasteiger partial charge on any atom is -0.396 e. The van der Waals surface area contributed by atoms with E-state index >= 15 is 0 Å². The predicted octanol–water partition coefficient (Wildman–Crippen LogP) is 2.04. The van der Waals surface area contributed by atoms with E-state index in [0.29, 0.717) is 0 Å². The Morgan fingerprint density at radius 2 is 1.91 bits per heavy atom. The molecule has 0 spiro atoms. The van der Waals surface area contributed by atoms with Gasteiger partial charge in [-0.3, -0.25) is 0 Å². The van der Waals surface area contributed by atoms with Gasteiger partial charge in [0.15, 0.2) is 0 Å². The van der Waals surface area contributed by atoms with Crippen molar-refractivity contribution in [2.75, 3.05) is 6.61 Å². The molecule has 0 aliphatic rings. The summed E-state index contributed by atoms with van der Waals surface area (Å²) in [5, 5.41) is 8.62. The van der Waals surface area contributed by atoms with E-state index in [1.165, 1.54) is 0 Å². The molecule has 1 N–H and O–H groups in total. The summed E-state index contributed by atoms with van der Waals surface area (Å²) in [4.78, 5) is 0. The maximum atomic E-state index is 8.62. The molecule has 0 fully saturated rings. The summed E-state index contributed by atoms with van der Waals surface area (Å²) in [6.45, 7) is 0.211. The fraction of sp³-hybridized carbons (Fsp3) is 0.250. The van der Waals surface area contributed by atoms with Crippen molar-refractivity contribution in [3.05, 3.63) is 34.3 Å². The Morgan fingerprint density at radius 1 is 1.27 bits per heavy atom. The lowest BCUT2D eigenvalue weighted by Crippen LogP contribution is -1.90. The lowest BCUT2D eigenvalue weighted by molar-refractivity contribution is 0.299. The molecule has 0 aliphatic carbocycles. The van der Waals surface area contributed by atoms with Gasteiger partial charge in [-0.1, -0.05) is 34.1 Å². The molecule has 0 heterocycles. The average Bonchev–Trinajstić information content (AvgIpc) is 1.94. The van der Waals surface area contributed by atoms with E-state index in [9.17, 15) is 0 Å². The van der Waals surface area contributed by atoms with Crippen molar-refractivity contribution in [1.82, 2.24) is 0 Å². The van der Waals surface area contributed by atoms with Crippen LogP contribution in [0.1, 0.15) is 5.56 Å². The highest BCUT2D eigenvalue weighted by Crippen LogP contribution is 2.15. The van der Waals surface area contributed by atoms with E-state index in [2.05, 4.69) is 15.9 Å². The molecule has 1 aromatic carbocycles. The first kappa shape index (κ1) is 11.1. The number of rotatable bonds is 2. The summed E-state index contributed by atoms with van der Waals surface area (Å²) in [6.07, 6.45) is 0.724. The molecular weight excluding hydrogens is 223 g/mol. The molecule has 0 aromatic heterocycles.